The first-order valence-electron chi connectivity index (χ1n) is 9.11. The zero-order chi connectivity index (χ0) is 20.4. The molecule has 2 heterocycles. The Morgan fingerprint density at radius 3 is 2.76 bits per heavy atom. The Morgan fingerprint density at radius 1 is 1.10 bits per heavy atom. The SMILES string of the molecule is Cc1ccc(Cl)cc1C(=O)Nc1cccc2c(=O)n(Cc3cccnc3)ccc12. The molecule has 0 saturated carbocycles. The minimum absolute atomic E-state index is 0.124. The molecule has 5 nitrogen and oxygen atoms in total. The van der Waals surface area contributed by atoms with Crippen molar-refractivity contribution < 1.29 is 4.79 Å². The van der Waals surface area contributed by atoms with Gasteiger partial charge in [-0.05, 0) is 54.4 Å². The van der Waals surface area contributed by atoms with Crippen molar-refractivity contribution >= 4 is 34.0 Å². The van der Waals surface area contributed by atoms with Crippen molar-refractivity contribution in [2.24, 2.45) is 0 Å². The zero-order valence-electron chi connectivity index (χ0n) is 15.7. The van der Waals surface area contributed by atoms with Gasteiger partial charge in [-0.25, -0.2) is 0 Å². The Kier molecular flexibility index (Phi) is 5.14. The van der Waals surface area contributed by atoms with Crippen molar-refractivity contribution in [2.45, 2.75) is 13.5 Å². The zero-order valence-corrected chi connectivity index (χ0v) is 16.5. The number of hydrogen-bond donors (Lipinski definition) is 1. The van der Waals surface area contributed by atoms with Crippen molar-refractivity contribution in [2.75, 3.05) is 5.32 Å². The Morgan fingerprint density at radius 2 is 1.97 bits per heavy atom. The smallest absolute Gasteiger partial charge is 0.258 e. The van der Waals surface area contributed by atoms with Crippen LogP contribution >= 0.6 is 11.6 Å². The van der Waals surface area contributed by atoms with Crippen LogP contribution in [0.25, 0.3) is 10.8 Å². The van der Waals surface area contributed by atoms with Crippen LogP contribution in [0.1, 0.15) is 21.5 Å². The number of carbonyl (C=O) groups is 1. The summed E-state index contributed by atoms with van der Waals surface area (Å²) in [5.74, 6) is -0.267. The second-order valence-electron chi connectivity index (χ2n) is 6.79. The van der Waals surface area contributed by atoms with E-state index in [0.29, 0.717) is 33.6 Å². The molecule has 144 valence electrons. The molecular formula is C23H18ClN3O2. The molecule has 0 aliphatic carbocycles. The number of pyridine rings is 2. The van der Waals surface area contributed by atoms with Gasteiger partial charge in [0.05, 0.1) is 6.54 Å². The minimum Gasteiger partial charge on any atom is -0.321 e. The molecule has 4 rings (SSSR count). The van der Waals surface area contributed by atoms with Crippen LogP contribution in [-0.2, 0) is 6.54 Å². The van der Waals surface area contributed by atoms with Crippen LogP contribution < -0.4 is 10.9 Å². The number of rotatable bonds is 4. The highest BCUT2D eigenvalue weighted by Gasteiger charge is 2.13. The maximum absolute atomic E-state index is 13.0. The molecule has 0 spiro atoms. The van der Waals surface area contributed by atoms with E-state index in [1.54, 1.807) is 59.6 Å². The van der Waals surface area contributed by atoms with E-state index in [9.17, 15) is 9.59 Å². The lowest BCUT2D eigenvalue weighted by molar-refractivity contribution is 0.102. The van der Waals surface area contributed by atoms with Gasteiger partial charge < -0.3 is 9.88 Å². The predicted molar refractivity (Wildman–Crippen MR) is 116 cm³/mol. The van der Waals surface area contributed by atoms with Gasteiger partial charge in [-0.2, -0.15) is 0 Å². The molecule has 2 aromatic carbocycles. The normalized spacial score (nSPS) is 10.8. The average Bonchev–Trinajstić information content (AvgIpc) is 2.73. The largest absolute Gasteiger partial charge is 0.321 e. The summed E-state index contributed by atoms with van der Waals surface area (Å²) < 4.78 is 1.63. The highest BCUT2D eigenvalue weighted by atomic mass is 35.5. The molecule has 1 N–H and O–H groups in total. The fourth-order valence-electron chi connectivity index (χ4n) is 3.27. The standard InChI is InChI=1S/C23H18ClN3O2/c1-15-7-8-17(24)12-20(15)22(28)26-21-6-2-5-19-18(21)9-11-27(23(19)29)14-16-4-3-10-25-13-16/h2-13H,14H2,1H3,(H,26,28). The van der Waals surface area contributed by atoms with E-state index in [1.165, 1.54) is 0 Å². The quantitative estimate of drug-likeness (QED) is 0.539. The second-order valence-corrected chi connectivity index (χ2v) is 7.23. The number of amides is 1. The highest BCUT2D eigenvalue weighted by molar-refractivity contribution is 6.31. The third kappa shape index (κ3) is 3.91. The summed E-state index contributed by atoms with van der Waals surface area (Å²) in [6.45, 7) is 2.28. The molecule has 0 unspecified atom stereocenters. The number of aryl methyl sites for hydroxylation is 1. The molecule has 0 aliphatic rings. The monoisotopic (exact) mass is 403 g/mol. The fraction of sp³-hybridized carbons (Fsp3) is 0.0870. The summed E-state index contributed by atoms with van der Waals surface area (Å²) in [7, 11) is 0. The molecule has 1 amide bonds. The lowest BCUT2D eigenvalue weighted by Crippen LogP contribution is -2.21. The van der Waals surface area contributed by atoms with E-state index in [4.69, 9.17) is 11.6 Å². The number of nitrogens with one attached hydrogen (secondary N) is 1. The number of anilines is 1. The van der Waals surface area contributed by atoms with E-state index < -0.39 is 0 Å². The average molecular weight is 404 g/mol. The number of benzene rings is 2. The predicted octanol–water partition coefficient (Wildman–Crippen LogP) is 4.66. The molecule has 0 bridgehead atoms. The van der Waals surface area contributed by atoms with Gasteiger partial charge in [-0.3, -0.25) is 14.6 Å². The van der Waals surface area contributed by atoms with E-state index in [1.807, 2.05) is 25.1 Å². The van der Waals surface area contributed by atoms with Gasteiger partial charge in [0, 0.05) is 45.6 Å². The van der Waals surface area contributed by atoms with Gasteiger partial charge in [0.25, 0.3) is 11.5 Å². The van der Waals surface area contributed by atoms with Crippen molar-refractivity contribution in [3.63, 3.8) is 0 Å². The van der Waals surface area contributed by atoms with Gasteiger partial charge in [-0.15, -0.1) is 0 Å². The Balaban J connectivity index is 1.69. The Labute approximate surface area is 172 Å². The third-order valence-electron chi connectivity index (χ3n) is 4.79. The molecule has 0 fully saturated rings. The summed E-state index contributed by atoms with van der Waals surface area (Å²) >= 11 is 6.04. The van der Waals surface area contributed by atoms with E-state index in [2.05, 4.69) is 10.3 Å². The van der Waals surface area contributed by atoms with Gasteiger partial charge in [0.1, 0.15) is 0 Å². The van der Waals surface area contributed by atoms with Crippen LogP contribution in [0.3, 0.4) is 0 Å². The number of carbonyl (C=O) groups excluding carboxylic acids is 1. The van der Waals surface area contributed by atoms with Crippen molar-refractivity contribution in [3.8, 4) is 0 Å². The van der Waals surface area contributed by atoms with E-state index >= 15 is 0 Å². The van der Waals surface area contributed by atoms with Crippen LogP contribution in [0.2, 0.25) is 5.02 Å². The first-order valence-corrected chi connectivity index (χ1v) is 9.49. The lowest BCUT2D eigenvalue weighted by atomic mass is 10.1. The van der Waals surface area contributed by atoms with Crippen molar-refractivity contribution in [3.05, 3.63) is 105 Å². The fourth-order valence-corrected chi connectivity index (χ4v) is 3.44. The summed E-state index contributed by atoms with van der Waals surface area (Å²) in [6.07, 6.45) is 5.17. The van der Waals surface area contributed by atoms with Crippen LogP contribution in [-0.4, -0.2) is 15.5 Å². The summed E-state index contributed by atoms with van der Waals surface area (Å²) in [4.78, 5) is 29.8. The maximum Gasteiger partial charge on any atom is 0.258 e. The van der Waals surface area contributed by atoms with Gasteiger partial charge >= 0.3 is 0 Å². The summed E-state index contributed by atoms with van der Waals surface area (Å²) in [6, 6.07) is 16.1. The molecule has 0 radical (unpaired) electrons. The van der Waals surface area contributed by atoms with Gasteiger partial charge in [-0.1, -0.05) is 29.8 Å². The minimum atomic E-state index is -0.267. The number of hydrogen-bond acceptors (Lipinski definition) is 3. The van der Waals surface area contributed by atoms with Crippen LogP contribution in [0, 0.1) is 6.92 Å². The van der Waals surface area contributed by atoms with Crippen molar-refractivity contribution in [1.82, 2.24) is 9.55 Å². The highest BCUT2D eigenvalue weighted by Crippen LogP contribution is 2.23. The second kappa shape index (κ2) is 7.89. The molecule has 29 heavy (non-hydrogen) atoms. The molecule has 6 heteroatoms. The maximum atomic E-state index is 13.0. The molecular weight excluding hydrogens is 386 g/mol. The number of nitrogens with zero attached hydrogens (tertiary/aromatic N) is 2. The topological polar surface area (TPSA) is 64.0 Å². The molecule has 0 aliphatic heterocycles. The Bertz CT molecular complexity index is 1270. The molecule has 2 aromatic heterocycles. The summed E-state index contributed by atoms with van der Waals surface area (Å²) in [5.41, 5.74) is 2.72. The number of halogens is 1. The van der Waals surface area contributed by atoms with Gasteiger partial charge in [0.2, 0.25) is 0 Å². The van der Waals surface area contributed by atoms with Crippen LogP contribution in [0.15, 0.2) is 78.0 Å². The van der Waals surface area contributed by atoms with Crippen molar-refractivity contribution in [1.29, 1.82) is 0 Å². The van der Waals surface area contributed by atoms with E-state index in [-0.39, 0.29) is 11.5 Å². The van der Waals surface area contributed by atoms with Crippen LogP contribution in [0.4, 0.5) is 5.69 Å². The van der Waals surface area contributed by atoms with Crippen LogP contribution in [0.5, 0.6) is 0 Å². The number of aromatic nitrogens is 2. The molecule has 4 aromatic rings. The van der Waals surface area contributed by atoms with Gasteiger partial charge in [0.15, 0.2) is 0 Å². The lowest BCUT2D eigenvalue weighted by Gasteiger charge is -2.12. The summed E-state index contributed by atoms with van der Waals surface area (Å²) in [5, 5.41) is 4.63. The third-order valence-corrected chi connectivity index (χ3v) is 5.02. The Hall–Kier alpha value is -3.44. The first-order chi connectivity index (χ1) is 14.0. The molecule has 0 atom stereocenters. The van der Waals surface area contributed by atoms with E-state index in [0.717, 1.165) is 11.1 Å². The first kappa shape index (κ1) is 18.9. The molecule has 0 saturated heterocycles. The number of fused-ring (bicyclic) bond motifs is 1.